The van der Waals surface area contributed by atoms with Crippen LogP contribution in [0.25, 0.3) is 11.3 Å². The smallest absolute Gasteiger partial charge is 0.224 e. The third kappa shape index (κ3) is 5.59. The maximum atomic E-state index is 13.0. The molecule has 0 unspecified atom stereocenters. The SMILES string of the molecule is COc1ccc(CC(=O)NCCSc2ncc(-c3ccc(F)cc3)[nH]2)cc1. The van der Waals surface area contributed by atoms with E-state index in [-0.39, 0.29) is 11.7 Å². The Hall–Kier alpha value is -2.80. The molecule has 1 amide bonds. The number of hydrogen-bond donors (Lipinski definition) is 2. The topological polar surface area (TPSA) is 67.0 Å². The Morgan fingerprint density at radius 2 is 1.93 bits per heavy atom. The van der Waals surface area contributed by atoms with Crippen LogP contribution in [0.5, 0.6) is 5.75 Å². The van der Waals surface area contributed by atoms with E-state index in [0.29, 0.717) is 18.7 Å². The Kier molecular flexibility index (Phi) is 6.49. The lowest BCUT2D eigenvalue weighted by Gasteiger charge is -2.05. The molecule has 5 nitrogen and oxygen atoms in total. The highest BCUT2D eigenvalue weighted by Crippen LogP contribution is 2.21. The number of imidazole rings is 1. The van der Waals surface area contributed by atoms with Gasteiger partial charge in [-0.05, 0) is 47.5 Å². The third-order valence-electron chi connectivity index (χ3n) is 3.89. The number of nitrogens with zero attached hydrogens (tertiary/aromatic N) is 1. The summed E-state index contributed by atoms with van der Waals surface area (Å²) < 4.78 is 18.1. The molecule has 0 saturated heterocycles. The summed E-state index contributed by atoms with van der Waals surface area (Å²) >= 11 is 1.52. The van der Waals surface area contributed by atoms with E-state index in [1.807, 2.05) is 24.3 Å². The minimum Gasteiger partial charge on any atom is -0.497 e. The molecule has 0 radical (unpaired) electrons. The van der Waals surface area contributed by atoms with Crippen LogP contribution in [0, 0.1) is 5.82 Å². The van der Waals surface area contributed by atoms with Crippen LogP contribution in [0.1, 0.15) is 5.56 Å². The zero-order chi connectivity index (χ0) is 19.1. The lowest BCUT2D eigenvalue weighted by molar-refractivity contribution is -0.120. The third-order valence-corrected chi connectivity index (χ3v) is 4.78. The van der Waals surface area contributed by atoms with Crippen LogP contribution in [-0.2, 0) is 11.2 Å². The van der Waals surface area contributed by atoms with E-state index in [0.717, 1.165) is 27.7 Å². The number of hydrogen-bond acceptors (Lipinski definition) is 4. The predicted molar refractivity (Wildman–Crippen MR) is 104 cm³/mol. The fraction of sp³-hybridized carbons (Fsp3) is 0.200. The van der Waals surface area contributed by atoms with Gasteiger partial charge in [-0.25, -0.2) is 9.37 Å². The van der Waals surface area contributed by atoms with Gasteiger partial charge in [0.1, 0.15) is 11.6 Å². The molecular weight excluding hydrogens is 365 g/mol. The summed E-state index contributed by atoms with van der Waals surface area (Å²) in [4.78, 5) is 19.5. The summed E-state index contributed by atoms with van der Waals surface area (Å²) in [5.41, 5.74) is 2.65. The summed E-state index contributed by atoms with van der Waals surface area (Å²) in [5, 5.41) is 3.66. The first-order valence-electron chi connectivity index (χ1n) is 8.47. The number of ether oxygens (including phenoxy) is 1. The highest BCUT2D eigenvalue weighted by atomic mass is 32.2. The van der Waals surface area contributed by atoms with Crippen LogP contribution in [0.2, 0.25) is 0 Å². The van der Waals surface area contributed by atoms with E-state index < -0.39 is 0 Å². The molecule has 0 bridgehead atoms. The maximum Gasteiger partial charge on any atom is 0.224 e. The van der Waals surface area contributed by atoms with Gasteiger partial charge < -0.3 is 15.0 Å². The summed E-state index contributed by atoms with van der Waals surface area (Å²) in [7, 11) is 1.61. The van der Waals surface area contributed by atoms with Gasteiger partial charge in [-0.3, -0.25) is 4.79 Å². The van der Waals surface area contributed by atoms with Gasteiger partial charge in [0, 0.05) is 12.3 Å². The molecule has 0 aliphatic carbocycles. The first-order chi connectivity index (χ1) is 13.1. The van der Waals surface area contributed by atoms with E-state index in [4.69, 9.17) is 4.74 Å². The van der Waals surface area contributed by atoms with E-state index in [2.05, 4.69) is 15.3 Å². The van der Waals surface area contributed by atoms with Gasteiger partial charge >= 0.3 is 0 Å². The average molecular weight is 385 g/mol. The van der Waals surface area contributed by atoms with Crippen LogP contribution in [0.15, 0.2) is 59.9 Å². The molecule has 140 valence electrons. The fourth-order valence-electron chi connectivity index (χ4n) is 2.48. The normalized spacial score (nSPS) is 10.6. The largest absolute Gasteiger partial charge is 0.497 e. The Bertz CT molecular complexity index is 879. The second kappa shape index (κ2) is 9.23. The van der Waals surface area contributed by atoms with Crippen molar-refractivity contribution in [3.05, 3.63) is 66.1 Å². The van der Waals surface area contributed by atoms with Crippen molar-refractivity contribution in [3.8, 4) is 17.0 Å². The zero-order valence-electron chi connectivity index (χ0n) is 14.9. The summed E-state index contributed by atoms with van der Waals surface area (Å²) in [6.45, 7) is 0.548. The maximum absolute atomic E-state index is 13.0. The standard InChI is InChI=1S/C20H20FN3O2S/c1-26-17-8-2-14(3-9-17)12-19(25)22-10-11-27-20-23-13-18(24-20)15-4-6-16(21)7-5-15/h2-9,13H,10-12H2,1H3,(H,22,25)(H,23,24). The number of carbonyl (C=O) groups excluding carboxylic acids is 1. The average Bonchev–Trinajstić information content (AvgIpc) is 3.15. The molecule has 2 aromatic carbocycles. The van der Waals surface area contributed by atoms with E-state index >= 15 is 0 Å². The molecule has 0 aliphatic heterocycles. The molecule has 0 fully saturated rings. The number of halogens is 1. The number of benzene rings is 2. The minimum absolute atomic E-state index is 0.0211. The van der Waals surface area contributed by atoms with Gasteiger partial charge in [0.2, 0.25) is 5.91 Å². The molecule has 3 rings (SSSR count). The van der Waals surface area contributed by atoms with Gasteiger partial charge in [-0.15, -0.1) is 0 Å². The van der Waals surface area contributed by atoms with Gasteiger partial charge in [0.05, 0.1) is 25.4 Å². The molecule has 27 heavy (non-hydrogen) atoms. The van der Waals surface area contributed by atoms with Crippen molar-refractivity contribution in [2.45, 2.75) is 11.6 Å². The fourth-order valence-corrected chi connectivity index (χ4v) is 3.19. The van der Waals surface area contributed by atoms with Crippen molar-refractivity contribution in [1.82, 2.24) is 15.3 Å². The number of carbonyl (C=O) groups is 1. The molecule has 1 aromatic heterocycles. The first kappa shape index (κ1) is 19.0. The Labute approximate surface area is 161 Å². The molecule has 3 aromatic rings. The minimum atomic E-state index is -0.266. The van der Waals surface area contributed by atoms with Gasteiger partial charge in [-0.1, -0.05) is 23.9 Å². The second-order valence-corrected chi connectivity index (χ2v) is 6.92. The highest BCUT2D eigenvalue weighted by Gasteiger charge is 2.06. The number of methoxy groups -OCH3 is 1. The molecule has 0 aliphatic rings. The van der Waals surface area contributed by atoms with Crippen molar-refractivity contribution in [2.75, 3.05) is 19.4 Å². The van der Waals surface area contributed by atoms with Crippen LogP contribution >= 0.6 is 11.8 Å². The van der Waals surface area contributed by atoms with Crippen molar-refractivity contribution >= 4 is 17.7 Å². The number of aromatic amines is 1. The van der Waals surface area contributed by atoms with Crippen molar-refractivity contribution < 1.29 is 13.9 Å². The van der Waals surface area contributed by atoms with Gasteiger partial charge in [0.25, 0.3) is 0 Å². The van der Waals surface area contributed by atoms with E-state index in [1.54, 1.807) is 25.4 Å². The molecule has 7 heteroatoms. The van der Waals surface area contributed by atoms with E-state index in [1.165, 1.54) is 23.9 Å². The number of aromatic nitrogens is 2. The molecule has 0 spiro atoms. The predicted octanol–water partition coefficient (Wildman–Crippen LogP) is 3.68. The summed E-state index contributed by atoms with van der Waals surface area (Å²) in [6.07, 6.45) is 2.06. The molecule has 0 saturated carbocycles. The van der Waals surface area contributed by atoms with Crippen molar-refractivity contribution in [1.29, 1.82) is 0 Å². The number of amides is 1. The number of H-pyrrole nitrogens is 1. The number of rotatable bonds is 8. The van der Waals surface area contributed by atoms with Crippen LogP contribution in [0.3, 0.4) is 0 Å². The quantitative estimate of drug-likeness (QED) is 0.459. The molecule has 0 atom stereocenters. The molecule has 2 N–H and O–H groups in total. The van der Waals surface area contributed by atoms with E-state index in [9.17, 15) is 9.18 Å². The summed E-state index contributed by atoms with van der Waals surface area (Å²) in [6, 6.07) is 13.7. The monoisotopic (exact) mass is 385 g/mol. The lowest BCUT2D eigenvalue weighted by atomic mass is 10.1. The Morgan fingerprint density at radius 3 is 2.63 bits per heavy atom. The summed E-state index contributed by atoms with van der Waals surface area (Å²) in [5.74, 6) is 1.18. The van der Waals surface area contributed by atoms with Crippen LogP contribution < -0.4 is 10.1 Å². The van der Waals surface area contributed by atoms with Gasteiger partial charge in [0.15, 0.2) is 5.16 Å². The lowest BCUT2D eigenvalue weighted by Crippen LogP contribution is -2.27. The highest BCUT2D eigenvalue weighted by molar-refractivity contribution is 7.99. The zero-order valence-corrected chi connectivity index (χ0v) is 15.7. The Balaban J connectivity index is 1.40. The van der Waals surface area contributed by atoms with Gasteiger partial charge in [-0.2, -0.15) is 0 Å². The van der Waals surface area contributed by atoms with Crippen molar-refractivity contribution in [2.24, 2.45) is 0 Å². The molecular formula is C20H20FN3O2S. The number of thioether (sulfide) groups is 1. The Morgan fingerprint density at radius 1 is 1.19 bits per heavy atom. The first-order valence-corrected chi connectivity index (χ1v) is 9.46. The second-order valence-electron chi connectivity index (χ2n) is 5.83. The number of nitrogens with one attached hydrogen (secondary N) is 2. The van der Waals surface area contributed by atoms with Crippen LogP contribution in [0.4, 0.5) is 4.39 Å². The molecule has 1 heterocycles. The van der Waals surface area contributed by atoms with Crippen molar-refractivity contribution in [3.63, 3.8) is 0 Å². The van der Waals surface area contributed by atoms with Crippen LogP contribution in [-0.4, -0.2) is 35.3 Å².